The van der Waals surface area contributed by atoms with Crippen LogP contribution < -0.4 is 4.31 Å². The van der Waals surface area contributed by atoms with Gasteiger partial charge in [0.15, 0.2) is 0 Å². The maximum atomic E-state index is 12.7. The lowest BCUT2D eigenvalue weighted by Gasteiger charge is -2.30. The first-order valence-electron chi connectivity index (χ1n) is 9.46. The van der Waals surface area contributed by atoms with Gasteiger partial charge in [-0.3, -0.25) is 9.10 Å². The molecule has 0 radical (unpaired) electrons. The highest BCUT2D eigenvalue weighted by Crippen LogP contribution is 2.29. The van der Waals surface area contributed by atoms with Gasteiger partial charge in [0.1, 0.15) is 0 Å². The number of piperidine rings is 1. The number of anilines is 1. The van der Waals surface area contributed by atoms with Crippen molar-refractivity contribution in [1.82, 2.24) is 4.90 Å². The average molecular weight is 455 g/mol. The lowest BCUT2D eigenvalue weighted by atomic mass is 9.98. The standard InChI is InChI=1S/C21H24Cl2N2O3S/c1-15-10-12-24(13-11-15)21(26)16-6-8-17(9-7-16)25(29(2,27)28)14-18-19(22)4-3-5-20(18)23/h3-9,15H,10-14H2,1-2H3. The van der Waals surface area contributed by atoms with Crippen LogP contribution in [0.3, 0.4) is 0 Å². The van der Waals surface area contributed by atoms with Crippen LogP contribution in [0.25, 0.3) is 0 Å². The molecule has 156 valence electrons. The summed E-state index contributed by atoms with van der Waals surface area (Å²) >= 11 is 12.4. The van der Waals surface area contributed by atoms with E-state index in [1.807, 2.05) is 4.90 Å². The summed E-state index contributed by atoms with van der Waals surface area (Å²) in [5.74, 6) is 0.616. The second-order valence-electron chi connectivity index (χ2n) is 7.49. The van der Waals surface area contributed by atoms with Gasteiger partial charge in [0, 0.05) is 34.3 Å². The first kappa shape index (κ1) is 21.9. The topological polar surface area (TPSA) is 57.7 Å². The van der Waals surface area contributed by atoms with Gasteiger partial charge in [-0.25, -0.2) is 8.42 Å². The molecule has 29 heavy (non-hydrogen) atoms. The molecule has 1 saturated heterocycles. The average Bonchev–Trinajstić information content (AvgIpc) is 2.67. The van der Waals surface area contributed by atoms with Crippen molar-refractivity contribution in [2.45, 2.75) is 26.3 Å². The van der Waals surface area contributed by atoms with Crippen molar-refractivity contribution in [3.05, 3.63) is 63.6 Å². The fourth-order valence-electron chi connectivity index (χ4n) is 3.39. The van der Waals surface area contributed by atoms with Gasteiger partial charge in [-0.2, -0.15) is 0 Å². The van der Waals surface area contributed by atoms with Crippen LogP contribution in [0.4, 0.5) is 5.69 Å². The zero-order chi connectivity index (χ0) is 21.2. The van der Waals surface area contributed by atoms with E-state index in [9.17, 15) is 13.2 Å². The van der Waals surface area contributed by atoms with Crippen molar-refractivity contribution >= 4 is 44.8 Å². The number of hydrogen-bond donors (Lipinski definition) is 0. The Morgan fingerprint density at radius 1 is 1.07 bits per heavy atom. The van der Waals surface area contributed by atoms with Crippen LogP contribution >= 0.6 is 23.2 Å². The fourth-order valence-corrected chi connectivity index (χ4v) is 4.78. The number of rotatable bonds is 5. The van der Waals surface area contributed by atoms with Gasteiger partial charge in [-0.1, -0.05) is 36.2 Å². The molecular weight excluding hydrogens is 431 g/mol. The van der Waals surface area contributed by atoms with Crippen molar-refractivity contribution in [2.24, 2.45) is 5.92 Å². The number of amides is 1. The van der Waals surface area contributed by atoms with Crippen LogP contribution in [0.1, 0.15) is 35.7 Å². The summed E-state index contributed by atoms with van der Waals surface area (Å²) in [5, 5.41) is 0.801. The molecule has 1 aliphatic rings. The maximum Gasteiger partial charge on any atom is 0.253 e. The minimum Gasteiger partial charge on any atom is -0.339 e. The third kappa shape index (κ3) is 5.24. The number of carbonyl (C=O) groups excluding carboxylic acids is 1. The van der Waals surface area contributed by atoms with E-state index >= 15 is 0 Å². The quantitative estimate of drug-likeness (QED) is 0.649. The summed E-state index contributed by atoms with van der Waals surface area (Å²) in [6.45, 7) is 3.71. The number of nitrogens with zero attached hydrogens (tertiary/aromatic N) is 2. The Labute approximate surface area is 182 Å². The predicted molar refractivity (Wildman–Crippen MR) is 118 cm³/mol. The Balaban J connectivity index is 1.84. The number of halogens is 2. The van der Waals surface area contributed by atoms with Crippen molar-refractivity contribution in [3.63, 3.8) is 0 Å². The lowest BCUT2D eigenvalue weighted by Crippen LogP contribution is -2.37. The van der Waals surface area contributed by atoms with Gasteiger partial charge >= 0.3 is 0 Å². The summed E-state index contributed by atoms with van der Waals surface area (Å²) in [5.41, 5.74) is 1.53. The molecule has 2 aromatic carbocycles. The molecule has 2 aromatic rings. The molecule has 1 fully saturated rings. The van der Waals surface area contributed by atoms with E-state index < -0.39 is 10.0 Å². The maximum absolute atomic E-state index is 12.7. The molecule has 0 atom stereocenters. The third-order valence-corrected chi connectivity index (χ3v) is 7.09. The van der Waals surface area contributed by atoms with Crippen molar-refractivity contribution in [3.8, 4) is 0 Å². The van der Waals surface area contributed by atoms with E-state index in [-0.39, 0.29) is 12.5 Å². The minimum atomic E-state index is -3.59. The van der Waals surface area contributed by atoms with E-state index in [0.717, 1.165) is 32.2 Å². The summed E-state index contributed by atoms with van der Waals surface area (Å²) in [6, 6.07) is 11.7. The van der Waals surface area contributed by atoms with Crippen LogP contribution in [0, 0.1) is 5.92 Å². The number of carbonyl (C=O) groups is 1. The Bertz CT molecular complexity index is 965. The summed E-state index contributed by atoms with van der Waals surface area (Å²) < 4.78 is 26.1. The van der Waals surface area contributed by atoms with E-state index in [1.54, 1.807) is 42.5 Å². The molecule has 1 amide bonds. The highest BCUT2D eigenvalue weighted by atomic mass is 35.5. The summed E-state index contributed by atoms with van der Waals surface area (Å²) in [4.78, 5) is 14.6. The number of likely N-dealkylation sites (tertiary alicyclic amines) is 1. The first-order chi connectivity index (χ1) is 13.7. The molecular formula is C21H24Cl2N2O3S. The number of sulfonamides is 1. The van der Waals surface area contributed by atoms with E-state index in [4.69, 9.17) is 23.2 Å². The minimum absolute atomic E-state index is 0.00858. The monoisotopic (exact) mass is 454 g/mol. The van der Waals surface area contributed by atoms with Crippen LogP contribution in [0.2, 0.25) is 10.0 Å². The van der Waals surface area contributed by atoms with Gasteiger partial charge in [0.05, 0.1) is 18.5 Å². The SMILES string of the molecule is CC1CCN(C(=O)c2ccc(N(Cc3c(Cl)cccc3Cl)S(C)(=O)=O)cc2)CC1. The van der Waals surface area contributed by atoms with Gasteiger partial charge in [0.25, 0.3) is 5.91 Å². The van der Waals surface area contributed by atoms with Crippen molar-refractivity contribution in [1.29, 1.82) is 0 Å². The molecule has 0 bridgehead atoms. The molecule has 0 aromatic heterocycles. The Hall–Kier alpha value is -1.76. The number of benzene rings is 2. The molecule has 8 heteroatoms. The molecule has 0 N–H and O–H groups in total. The van der Waals surface area contributed by atoms with Crippen LogP contribution in [0.15, 0.2) is 42.5 Å². The van der Waals surface area contributed by atoms with E-state index in [1.165, 1.54) is 4.31 Å². The van der Waals surface area contributed by atoms with Gasteiger partial charge < -0.3 is 4.90 Å². The number of hydrogen-bond acceptors (Lipinski definition) is 3. The molecule has 1 heterocycles. The van der Waals surface area contributed by atoms with E-state index in [2.05, 4.69) is 6.92 Å². The van der Waals surface area contributed by atoms with Crippen molar-refractivity contribution < 1.29 is 13.2 Å². The van der Waals surface area contributed by atoms with Crippen LogP contribution in [0.5, 0.6) is 0 Å². The zero-order valence-electron chi connectivity index (χ0n) is 16.4. The van der Waals surface area contributed by atoms with Crippen molar-refractivity contribution in [2.75, 3.05) is 23.7 Å². The Morgan fingerprint density at radius 2 is 1.62 bits per heavy atom. The first-order valence-corrected chi connectivity index (χ1v) is 12.1. The smallest absolute Gasteiger partial charge is 0.253 e. The van der Waals surface area contributed by atoms with Crippen LogP contribution in [-0.4, -0.2) is 38.6 Å². The van der Waals surface area contributed by atoms with Gasteiger partial charge in [0.2, 0.25) is 10.0 Å². The largest absolute Gasteiger partial charge is 0.339 e. The summed E-state index contributed by atoms with van der Waals surface area (Å²) in [7, 11) is -3.59. The van der Waals surface area contributed by atoms with Crippen LogP contribution in [-0.2, 0) is 16.6 Å². The molecule has 0 aliphatic carbocycles. The van der Waals surface area contributed by atoms with Gasteiger partial charge in [-0.15, -0.1) is 0 Å². The normalized spacial score (nSPS) is 15.4. The molecule has 0 saturated carbocycles. The Morgan fingerprint density at radius 3 is 2.14 bits per heavy atom. The highest BCUT2D eigenvalue weighted by molar-refractivity contribution is 7.92. The second kappa shape index (κ2) is 8.94. The zero-order valence-corrected chi connectivity index (χ0v) is 18.8. The highest BCUT2D eigenvalue weighted by Gasteiger charge is 2.23. The fraction of sp³-hybridized carbons (Fsp3) is 0.381. The molecule has 1 aliphatic heterocycles. The molecule has 0 unspecified atom stereocenters. The summed E-state index contributed by atoms with van der Waals surface area (Å²) in [6.07, 6.45) is 3.14. The molecule has 5 nitrogen and oxygen atoms in total. The Kier molecular flexibility index (Phi) is 6.76. The van der Waals surface area contributed by atoms with Gasteiger partial charge in [-0.05, 0) is 55.2 Å². The van der Waals surface area contributed by atoms with E-state index in [0.29, 0.717) is 32.8 Å². The predicted octanol–water partition coefficient (Wildman–Crippen LogP) is 4.83. The molecule has 0 spiro atoms. The lowest BCUT2D eigenvalue weighted by molar-refractivity contribution is 0.0697. The third-order valence-electron chi connectivity index (χ3n) is 5.24. The second-order valence-corrected chi connectivity index (χ2v) is 10.2. The molecule has 3 rings (SSSR count).